The molecule has 3 aliphatic rings. The van der Waals surface area contributed by atoms with E-state index in [1.54, 1.807) is 27.7 Å². The molecule has 3 saturated heterocycles. The molecule has 0 aromatic heterocycles. The molecule has 3 fully saturated rings. The van der Waals surface area contributed by atoms with Crippen LogP contribution in [0.4, 0.5) is 0 Å². The Morgan fingerprint density at radius 3 is 1.57 bits per heavy atom. The van der Waals surface area contributed by atoms with Crippen LogP contribution in [-0.2, 0) is 28.4 Å². The molecule has 0 amide bonds. The third kappa shape index (κ3) is 6.61. The van der Waals surface area contributed by atoms with Gasteiger partial charge in [0.15, 0.2) is 18.9 Å². The quantitative estimate of drug-likeness (QED) is 0.142. The van der Waals surface area contributed by atoms with Crippen LogP contribution >= 0.6 is 0 Å². The van der Waals surface area contributed by atoms with Crippen molar-refractivity contribution in [2.75, 3.05) is 13.2 Å². The zero-order valence-electron chi connectivity index (χ0n) is 21.4. The Balaban J connectivity index is 1.71. The summed E-state index contributed by atoms with van der Waals surface area (Å²) in [6, 6.07) is 0. The Morgan fingerprint density at radius 2 is 1.08 bits per heavy atom. The van der Waals surface area contributed by atoms with Crippen molar-refractivity contribution in [3.05, 3.63) is 0 Å². The molecular formula is C23H42O14. The molecule has 15 unspecified atom stereocenters. The SMILES string of the molecule is CCC1OC(OC2C(CO)OC(OC3C(CO)OC(OC(C)C)C(O)C3O)C(O)C2O)C(C)C(O)C1O. The second-order valence-corrected chi connectivity index (χ2v) is 10.1. The van der Waals surface area contributed by atoms with E-state index in [0.29, 0.717) is 6.42 Å². The number of hydrogen-bond donors (Lipinski definition) is 8. The van der Waals surface area contributed by atoms with E-state index < -0.39 is 105 Å². The summed E-state index contributed by atoms with van der Waals surface area (Å²) in [6.07, 6.45) is -18.7. The molecule has 0 saturated carbocycles. The lowest BCUT2D eigenvalue weighted by Crippen LogP contribution is -2.66. The summed E-state index contributed by atoms with van der Waals surface area (Å²) in [5.41, 5.74) is 0. The lowest BCUT2D eigenvalue weighted by atomic mass is 9.91. The van der Waals surface area contributed by atoms with Gasteiger partial charge in [-0.15, -0.1) is 0 Å². The fourth-order valence-corrected chi connectivity index (χ4v) is 4.81. The normalized spacial score (nSPS) is 49.4. The lowest BCUT2D eigenvalue weighted by Gasteiger charge is -2.48. The predicted molar refractivity (Wildman–Crippen MR) is 122 cm³/mol. The van der Waals surface area contributed by atoms with Crippen molar-refractivity contribution in [2.24, 2.45) is 5.92 Å². The maximum Gasteiger partial charge on any atom is 0.187 e. The number of hydrogen-bond acceptors (Lipinski definition) is 14. The standard InChI is InChI=1S/C23H42O14/c1-5-10-14(27)13(26)9(4)21(33-10)36-19-11(6-24)35-23(18(31)16(19)29)37-20-12(7-25)34-22(32-8(2)3)17(30)15(20)28/h8-31H,5-7H2,1-4H3. The topological polar surface area (TPSA) is 217 Å². The van der Waals surface area contributed by atoms with Gasteiger partial charge < -0.3 is 69.3 Å². The largest absolute Gasteiger partial charge is 0.394 e. The van der Waals surface area contributed by atoms with Crippen LogP contribution in [0.25, 0.3) is 0 Å². The molecule has 0 radical (unpaired) electrons. The first-order valence-electron chi connectivity index (χ1n) is 12.7. The van der Waals surface area contributed by atoms with Gasteiger partial charge in [-0.3, -0.25) is 0 Å². The van der Waals surface area contributed by atoms with Crippen LogP contribution in [0.15, 0.2) is 0 Å². The lowest BCUT2D eigenvalue weighted by molar-refractivity contribution is -0.377. The Kier molecular flexibility index (Phi) is 11.0. The number of aliphatic hydroxyl groups is 8. The minimum atomic E-state index is -1.75. The van der Waals surface area contributed by atoms with Crippen LogP contribution in [0.2, 0.25) is 0 Å². The molecule has 0 aromatic carbocycles. The molecule has 15 atom stereocenters. The molecule has 37 heavy (non-hydrogen) atoms. The average molecular weight is 543 g/mol. The Morgan fingerprint density at radius 1 is 0.622 bits per heavy atom. The summed E-state index contributed by atoms with van der Waals surface area (Å²) in [4.78, 5) is 0. The van der Waals surface area contributed by atoms with Crippen molar-refractivity contribution in [1.29, 1.82) is 0 Å². The number of rotatable bonds is 9. The van der Waals surface area contributed by atoms with E-state index in [1.165, 1.54) is 0 Å². The molecule has 218 valence electrons. The maximum atomic E-state index is 10.9. The van der Waals surface area contributed by atoms with Crippen LogP contribution in [0.5, 0.6) is 0 Å². The Labute approximate surface area is 215 Å². The van der Waals surface area contributed by atoms with Crippen molar-refractivity contribution in [2.45, 2.75) is 126 Å². The first kappa shape index (κ1) is 31.0. The number of aliphatic hydroxyl groups excluding tert-OH is 8. The summed E-state index contributed by atoms with van der Waals surface area (Å²) >= 11 is 0. The summed E-state index contributed by atoms with van der Waals surface area (Å²) < 4.78 is 33.8. The van der Waals surface area contributed by atoms with E-state index in [0.717, 1.165) is 0 Å². The van der Waals surface area contributed by atoms with Crippen molar-refractivity contribution >= 4 is 0 Å². The maximum absolute atomic E-state index is 10.9. The summed E-state index contributed by atoms with van der Waals surface area (Å²) in [6.45, 7) is 5.44. The van der Waals surface area contributed by atoms with E-state index in [-0.39, 0.29) is 6.10 Å². The molecule has 3 aliphatic heterocycles. The van der Waals surface area contributed by atoms with Crippen LogP contribution in [0.3, 0.4) is 0 Å². The van der Waals surface area contributed by atoms with Gasteiger partial charge in [-0.05, 0) is 20.3 Å². The van der Waals surface area contributed by atoms with Crippen molar-refractivity contribution in [3.8, 4) is 0 Å². The highest BCUT2D eigenvalue weighted by Gasteiger charge is 2.53. The van der Waals surface area contributed by atoms with E-state index in [4.69, 9.17) is 28.4 Å². The second kappa shape index (κ2) is 13.2. The smallest absolute Gasteiger partial charge is 0.187 e. The van der Waals surface area contributed by atoms with Crippen LogP contribution in [0.1, 0.15) is 34.1 Å². The van der Waals surface area contributed by atoms with Crippen molar-refractivity contribution in [1.82, 2.24) is 0 Å². The van der Waals surface area contributed by atoms with E-state index in [1.807, 2.05) is 0 Å². The van der Waals surface area contributed by atoms with Gasteiger partial charge in [-0.1, -0.05) is 13.8 Å². The van der Waals surface area contributed by atoms with Gasteiger partial charge in [0.2, 0.25) is 0 Å². The highest BCUT2D eigenvalue weighted by atomic mass is 16.8. The van der Waals surface area contributed by atoms with Gasteiger partial charge in [0.25, 0.3) is 0 Å². The first-order valence-corrected chi connectivity index (χ1v) is 12.7. The first-order chi connectivity index (χ1) is 17.4. The van der Waals surface area contributed by atoms with Gasteiger partial charge in [0, 0.05) is 5.92 Å². The minimum absolute atomic E-state index is 0.350. The fraction of sp³-hybridized carbons (Fsp3) is 1.00. The second-order valence-electron chi connectivity index (χ2n) is 10.1. The van der Waals surface area contributed by atoms with Crippen LogP contribution < -0.4 is 0 Å². The molecule has 3 rings (SSSR count). The highest BCUT2D eigenvalue weighted by Crippen LogP contribution is 2.34. The minimum Gasteiger partial charge on any atom is -0.394 e. The third-order valence-corrected chi connectivity index (χ3v) is 7.04. The summed E-state index contributed by atoms with van der Waals surface area (Å²) in [5, 5.41) is 82.9. The van der Waals surface area contributed by atoms with E-state index in [9.17, 15) is 40.9 Å². The van der Waals surface area contributed by atoms with E-state index >= 15 is 0 Å². The fourth-order valence-electron chi connectivity index (χ4n) is 4.81. The summed E-state index contributed by atoms with van der Waals surface area (Å²) in [7, 11) is 0. The van der Waals surface area contributed by atoms with Gasteiger partial charge in [-0.2, -0.15) is 0 Å². The van der Waals surface area contributed by atoms with Crippen LogP contribution in [0, 0.1) is 5.92 Å². The highest BCUT2D eigenvalue weighted by molar-refractivity contribution is 4.96. The van der Waals surface area contributed by atoms with Gasteiger partial charge in [-0.25, -0.2) is 0 Å². The molecule has 3 heterocycles. The van der Waals surface area contributed by atoms with E-state index in [2.05, 4.69) is 0 Å². The molecule has 0 aliphatic carbocycles. The molecule has 0 bridgehead atoms. The predicted octanol–water partition coefficient (Wildman–Crippen LogP) is -3.45. The monoisotopic (exact) mass is 542 g/mol. The van der Waals surface area contributed by atoms with Gasteiger partial charge in [0.05, 0.1) is 31.5 Å². The summed E-state index contributed by atoms with van der Waals surface area (Å²) in [5.74, 6) is -0.710. The zero-order chi connectivity index (χ0) is 27.6. The van der Waals surface area contributed by atoms with Gasteiger partial charge in [0.1, 0.15) is 54.9 Å². The molecule has 14 heteroatoms. The Bertz CT molecular complexity index is 692. The molecule has 0 spiro atoms. The van der Waals surface area contributed by atoms with Crippen LogP contribution in [-0.4, -0.2) is 146 Å². The van der Waals surface area contributed by atoms with Gasteiger partial charge >= 0.3 is 0 Å². The molecule has 14 nitrogen and oxygen atoms in total. The zero-order valence-corrected chi connectivity index (χ0v) is 21.4. The molecule has 8 N–H and O–H groups in total. The average Bonchev–Trinajstić information content (AvgIpc) is 2.87. The molecule has 0 aromatic rings. The molecular weight excluding hydrogens is 500 g/mol. The van der Waals surface area contributed by atoms with Crippen molar-refractivity contribution < 1.29 is 69.3 Å². The van der Waals surface area contributed by atoms with Crippen molar-refractivity contribution in [3.63, 3.8) is 0 Å². The third-order valence-electron chi connectivity index (χ3n) is 7.04. The number of ether oxygens (including phenoxy) is 6. The Hall–Kier alpha value is -0.560.